The predicted molar refractivity (Wildman–Crippen MR) is 46.6 cm³/mol. The average Bonchev–Trinajstić information content (AvgIpc) is 1.83. The van der Waals surface area contributed by atoms with Gasteiger partial charge in [0, 0.05) is 18.2 Å². The van der Waals surface area contributed by atoms with Crippen LogP contribution in [0.15, 0.2) is 25.1 Å². The molecule has 0 aromatic heterocycles. The van der Waals surface area contributed by atoms with Crippen LogP contribution in [-0.2, 0) is 0 Å². The van der Waals surface area contributed by atoms with Gasteiger partial charge in [0.2, 0.25) is 0 Å². The van der Waals surface area contributed by atoms with Crippen molar-refractivity contribution in [3.05, 3.63) is 25.1 Å². The van der Waals surface area contributed by atoms with Crippen molar-refractivity contribution in [1.82, 2.24) is 4.90 Å². The van der Waals surface area contributed by atoms with Crippen LogP contribution in [0, 0.1) is 5.41 Å². The molecule has 0 unspecified atom stereocenters. The van der Waals surface area contributed by atoms with Gasteiger partial charge in [0.05, 0.1) is 0 Å². The van der Waals surface area contributed by atoms with E-state index < -0.39 is 0 Å². The van der Waals surface area contributed by atoms with E-state index in [1.807, 2.05) is 11.9 Å². The van der Waals surface area contributed by atoms with Crippen LogP contribution in [0.2, 0.25) is 0 Å². The summed E-state index contributed by atoms with van der Waals surface area (Å²) in [6.45, 7) is 14.0. The highest BCUT2D eigenvalue weighted by atomic mass is 15.1. The summed E-state index contributed by atoms with van der Waals surface area (Å²) in [6, 6.07) is 0. The normalized spacial score (nSPS) is 10.8. The lowest BCUT2D eigenvalue weighted by Crippen LogP contribution is -2.21. The molecule has 0 N–H and O–H groups in total. The Morgan fingerprint density at radius 1 is 1.40 bits per heavy atom. The summed E-state index contributed by atoms with van der Waals surface area (Å²) in [6.07, 6.45) is 1.77. The van der Waals surface area contributed by atoms with Gasteiger partial charge in [-0.15, -0.1) is 0 Å². The van der Waals surface area contributed by atoms with E-state index in [1.54, 1.807) is 6.20 Å². The lowest BCUT2D eigenvalue weighted by atomic mass is 9.92. The highest BCUT2D eigenvalue weighted by Crippen LogP contribution is 2.25. The van der Waals surface area contributed by atoms with Crippen molar-refractivity contribution in [1.29, 1.82) is 0 Å². The van der Waals surface area contributed by atoms with E-state index in [0.29, 0.717) is 0 Å². The largest absolute Gasteiger partial charge is 0.355 e. The molecule has 0 rings (SSSR count). The summed E-state index contributed by atoms with van der Waals surface area (Å²) in [5.41, 5.74) is 1.23. The molecular weight excluding hydrogens is 122 g/mol. The molecule has 0 radical (unpaired) electrons. The number of nitrogens with zero attached hydrogens (tertiary/aromatic N) is 1. The van der Waals surface area contributed by atoms with Gasteiger partial charge < -0.3 is 4.90 Å². The first-order chi connectivity index (χ1) is 4.39. The fourth-order valence-electron chi connectivity index (χ4n) is 0.639. The molecule has 0 spiro atoms. The van der Waals surface area contributed by atoms with Gasteiger partial charge >= 0.3 is 0 Å². The quantitative estimate of drug-likeness (QED) is 0.568. The van der Waals surface area contributed by atoms with E-state index in [4.69, 9.17) is 0 Å². The summed E-state index contributed by atoms with van der Waals surface area (Å²) < 4.78 is 0. The first-order valence-corrected chi connectivity index (χ1v) is 3.44. The molecule has 0 saturated carbocycles. The first kappa shape index (κ1) is 9.28. The Bertz CT molecular complexity index is 139. The maximum absolute atomic E-state index is 3.95. The second-order valence-corrected chi connectivity index (χ2v) is 3.49. The summed E-state index contributed by atoms with van der Waals surface area (Å²) in [5, 5.41) is 0. The minimum absolute atomic E-state index is 0.142. The van der Waals surface area contributed by atoms with Gasteiger partial charge in [0.1, 0.15) is 0 Å². The molecular formula is C9H17N. The van der Waals surface area contributed by atoms with E-state index in [-0.39, 0.29) is 5.41 Å². The van der Waals surface area contributed by atoms with E-state index >= 15 is 0 Å². The zero-order chi connectivity index (χ0) is 8.36. The molecule has 0 saturated heterocycles. The van der Waals surface area contributed by atoms with Gasteiger partial charge in [0.25, 0.3) is 0 Å². The molecule has 0 aliphatic heterocycles. The third-order valence-electron chi connectivity index (χ3n) is 1.57. The van der Waals surface area contributed by atoms with E-state index in [0.717, 1.165) is 5.70 Å². The van der Waals surface area contributed by atoms with Crippen LogP contribution in [0.4, 0.5) is 0 Å². The molecule has 1 nitrogen and oxygen atoms in total. The molecule has 0 fully saturated rings. The van der Waals surface area contributed by atoms with Gasteiger partial charge in [-0.25, -0.2) is 0 Å². The molecule has 0 aromatic carbocycles. The van der Waals surface area contributed by atoms with Crippen molar-refractivity contribution in [2.45, 2.75) is 20.8 Å². The van der Waals surface area contributed by atoms with Crippen LogP contribution >= 0.6 is 0 Å². The van der Waals surface area contributed by atoms with Gasteiger partial charge in [-0.1, -0.05) is 33.9 Å². The Morgan fingerprint density at radius 2 is 1.80 bits per heavy atom. The number of hydrogen-bond acceptors (Lipinski definition) is 1. The highest BCUT2D eigenvalue weighted by Gasteiger charge is 2.16. The molecule has 10 heavy (non-hydrogen) atoms. The Balaban J connectivity index is 4.22. The summed E-state index contributed by atoms with van der Waals surface area (Å²) >= 11 is 0. The first-order valence-electron chi connectivity index (χ1n) is 3.44. The minimum atomic E-state index is 0.142. The Hall–Kier alpha value is -0.720. The SMILES string of the molecule is C=CN(C)C(=C)C(C)(C)C. The highest BCUT2D eigenvalue weighted by molar-refractivity contribution is 5.05. The van der Waals surface area contributed by atoms with Crippen molar-refractivity contribution in [3.63, 3.8) is 0 Å². The monoisotopic (exact) mass is 139 g/mol. The van der Waals surface area contributed by atoms with Crippen molar-refractivity contribution in [2.24, 2.45) is 5.41 Å². The maximum atomic E-state index is 3.95. The number of hydrogen-bond donors (Lipinski definition) is 0. The van der Waals surface area contributed by atoms with Crippen molar-refractivity contribution >= 4 is 0 Å². The molecule has 0 heterocycles. The topological polar surface area (TPSA) is 3.24 Å². The average molecular weight is 139 g/mol. The molecule has 0 aliphatic carbocycles. The van der Waals surface area contributed by atoms with Crippen molar-refractivity contribution in [3.8, 4) is 0 Å². The minimum Gasteiger partial charge on any atom is -0.355 e. The second-order valence-electron chi connectivity index (χ2n) is 3.49. The maximum Gasteiger partial charge on any atom is 0.0152 e. The third-order valence-corrected chi connectivity index (χ3v) is 1.57. The van der Waals surface area contributed by atoms with E-state index in [1.165, 1.54) is 0 Å². The summed E-state index contributed by atoms with van der Waals surface area (Å²) in [4.78, 5) is 1.94. The van der Waals surface area contributed by atoms with Gasteiger partial charge in [-0.3, -0.25) is 0 Å². The summed E-state index contributed by atoms with van der Waals surface area (Å²) in [7, 11) is 1.96. The molecule has 0 bridgehead atoms. The Kier molecular flexibility index (Phi) is 2.70. The van der Waals surface area contributed by atoms with E-state index in [2.05, 4.69) is 33.9 Å². The predicted octanol–water partition coefficient (Wildman–Crippen LogP) is 2.62. The van der Waals surface area contributed by atoms with Gasteiger partial charge in [0.15, 0.2) is 0 Å². The van der Waals surface area contributed by atoms with Crippen LogP contribution in [0.25, 0.3) is 0 Å². The Morgan fingerprint density at radius 3 is 1.90 bits per heavy atom. The molecule has 0 aliphatic rings. The van der Waals surface area contributed by atoms with Crippen LogP contribution < -0.4 is 0 Å². The molecule has 0 atom stereocenters. The Labute approximate surface area is 64.0 Å². The lowest BCUT2D eigenvalue weighted by Gasteiger charge is -2.28. The van der Waals surface area contributed by atoms with Crippen molar-refractivity contribution in [2.75, 3.05) is 7.05 Å². The zero-order valence-corrected chi connectivity index (χ0v) is 7.44. The third kappa shape index (κ3) is 2.26. The van der Waals surface area contributed by atoms with E-state index in [9.17, 15) is 0 Å². The number of allylic oxidation sites excluding steroid dienone is 1. The van der Waals surface area contributed by atoms with Crippen LogP contribution in [-0.4, -0.2) is 11.9 Å². The second kappa shape index (κ2) is 2.91. The lowest BCUT2D eigenvalue weighted by molar-refractivity contribution is 0.379. The van der Waals surface area contributed by atoms with Gasteiger partial charge in [-0.2, -0.15) is 0 Å². The molecule has 0 aromatic rings. The molecule has 1 heteroatoms. The fourth-order valence-corrected chi connectivity index (χ4v) is 0.639. The van der Waals surface area contributed by atoms with Gasteiger partial charge in [-0.05, 0) is 6.20 Å². The zero-order valence-electron chi connectivity index (χ0n) is 7.44. The fraction of sp³-hybridized carbons (Fsp3) is 0.556. The summed E-state index contributed by atoms with van der Waals surface area (Å²) in [5.74, 6) is 0. The van der Waals surface area contributed by atoms with Crippen molar-refractivity contribution < 1.29 is 0 Å². The van der Waals surface area contributed by atoms with Crippen LogP contribution in [0.1, 0.15) is 20.8 Å². The van der Waals surface area contributed by atoms with Crippen LogP contribution in [0.3, 0.4) is 0 Å². The standard InChI is InChI=1S/C9H17N/c1-7-10(6)8(2)9(3,4)5/h7H,1-2H2,3-6H3. The molecule has 58 valence electrons. The number of rotatable bonds is 2. The molecule has 0 amide bonds. The van der Waals surface area contributed by atoms with Crippen LogP contribution in [0.5, 0.6) is 0 Å². The smallest absolute Gasteiger partial charge is 0.0152 e.